The van der Waals surface area contributed by atoms with E-state index in [-0.39, 0.29) is 12.1 Å². The van der Waals surface area contributed by atoms with Crippen LogP contribution in [0.25, 0.3) is 0 Å². The average molecular weight is 244 g/mol. The SMILES string of the molecule is C[C@@H]1CCN(C(=O)OC(C)(C)C)[C@@H](CNO)C1. The van der Waals surface area contributed by atoms with E-state index < -0.39 is 5.60 Å². The van der Waals surface area contributed by atoms with Gasteiger partial charge in [0, 0.05) is 13.1 Å². The maximum atomic E-state index is 12.0. The molecule has 17 heavy (non-hydrogen) atoms. The molecule has 0 unspecified atom stereocenters. The number of piperidine rings is 1. The highest BCUT2D eigenvalue weighted by Crippen LogP contribution is 2.24. The van der Waals surface area contributed by atoms with E-state index in [4.69, 9.17) is 9.94 Å². The molecule has 0 aromatic heterocycles. The lowest BCUT2D eigenvalue weighted by molar-refractivity contribution is 0.000275. The molecule has 1 fully saturated rings. The summed E-state index contributed by atoms with van der Waals surface area (Å²) in [5, 5.41) is 8.81. The highest BCUT2D eigenvalue weighted by atomic mass is 16.6. The fraction of sp³-hybridized carbons (Fsp3) is 0.917. The summed E-state index contributed by atoms with van der Waals surface area (Å²) in [6.07, 6.45) is 1.60. The average Bonchev–Trinajstić information content (AvgIpc) is 2.15. The number of hydrogen-bond donors (Lipinski definition) is 2. The first-order valence-electron chi connectivity index (χ1n) is 6.20. The number of carbonyl (C=O) groups is 1. The molecule has 0 aromatic rings. The topological polar surface area (TPSA) is 61.8 Å². The van der Waals surface area contributed by atoms with Gasteiger partial charge in [-0.3, -0.25) is 0 Å². The van der Waals surface area contributed by atoms with Crippen LogP contribution in [0.3, 0.4) is 0 Å². The van der Waals surface area contributed by atoms with Gasteiger partial charge in [0.1, 0.15) is 5.60 Å². The highest BCUT2D eigenvalue weighted by molar-refractivity contribution is 5.68. The molecular formula is C12H24N2O3. The van der Waals surface area contributed by atoms with Crippen molar-refractivity contribution < 1.29 is 14.7 Å². The van der Waals surface area contributed by atoms with Crippen molar-refractivity contribution in [2.45, 2.75) is 52.2 Å². The second-order valence-electron chi connectivity index (χ2n) is 5.82. The van der Waals surface area contributed by atoms with Crippen LogP contribution in [0, 0.1) is 5.92 Å². The molecule has 0 radical (unpaired) electrons. The first-order valence-corrected chi connectivity index (χ1v) is 6.20. The summed E-state index contributed by atoms with van der Waals surface area (Å²) in [6.45, 7) is 8.83. The van der Waals surface area contributed by atoms with Crippen LogP contribution < -0.4 is 5.48 Å². The second kappa shape index (κ2) is 5.69. The molecule has 0 aromatic carbocycles. The Morgan fingerprint density at radius 3 is 2.71 bits per heavy atom. The van der Waals surface area contributed by atoms with E-state index in [1.807, 2.05) is 20.8 Å². The van der Waals surface area contributed by atoms with Crippen molar-refractivity contribution in [3.63, 3.8) is 0 Å². The molecule has 2 atom stereocenters. The van der Waals surface area contributed by atoms with Crippen molar-refractivity contribution >= 4 is 6.09 Å². The van der Waals surface area contributed by atoms with Gasteiger partial charge in [-0.1, -0.05) is 6.92 Å². The van der Waals surface area contributed by atoms with Gasteiger partial charge in [0.05, 0.1) is 6.04 Å². The van der Waals surface area contributed by atoms with Gasteiger partial charge < -0.3 is 14.8 Å². The Labute approximate surface area is 103 Å². The Balaban J connectivity index is 2.62. The Bertz CT molecular complexity index is 263. The third-order valence-corrected chi connectivity index (χ3v) is 2.93. The van der Waals surface area contributed by atoms with Crippen LogP contribution in [0.4, 0.5) is 4.79 Å². The summed E-state index contributed by atoms with van der Waals surface area (Å²) in [5.74, 6) is 0.576. The van der Waals surface area contributed by atoms with Crippen molar-refractivity contribution in [3.05, 3.63) is 0 Å². The second-order valence-corrected chi connectivity index (χ2v) is 5.82. The number of nitrogens with one attached hydrogen (secondary N) is 1. The number of ether oxygens (including phenoxy) is 1. The number of rotatable bonds is 2. The number of hydroxylamine groups is 1. The van der Waals surface area contributed by atoms with E-state index in [2.05, 4.69) is 12.4 Å². The van der Waals surface area contributed by atoms with E-state index in [0.717, 1.165) is 12.8 Å². The lowest BCUT2D eigenvalue weighted by atomic mass is 9.93. The fourth-order valence-electron chi connectivity index (χ4n) is 2.11. The van der Waals surface area contributed by atoms with Crippen molar-refractivity contribution in [3.8, 4) is 0 Å². The molecule has 0 spiro atoms. The quantitative estimate of drug-likeness (QED) is 0.729. The van der Waals surface area contributed by atoms with Gasteiger partial charge in [-0.15, -0.1) is 0 Å². The molecule has 1 aliphatic rings. The molecule has 5 nitrogen and oxygen atoms in total. The van der Waals surface area contributed by atoms with Gasteiger partial charge >= 0.3 is 6.09 Å². The molecule has 100 valence electrons. The normalized spacial score (nSPS) is 25.8. The molecular weight excluding hydrogens is 220 g/mol. The minimum Gasteiger partial charge on any atom is -0.444 e. The molecule has 1 aliphatic heterocycles. The van der Waals surface area contributed by atoms with Gasteiger partial charge in [0.15, 0.2) is 0 Å². The van der Waals surface area contributed by atoms with E-state index >= 15 is 0 Å². The molecule has 5 heteroatoms. The maximum Gasteiger partial charge on any atom is 0.410 e. The molecule has 2 N–H and O–H groups in total. The summed E-state index contributed by atoms with van der Waals surface area (Å²) in [7, 11) is 0. The van der Waals surface area contributed by atoms with Crippen LogP contribution >= 0.6 is 0 Å². The van der Waals surface area contributed by atoms with Gasteiger partial charge in [-0.05, 0) is 39.5 Å². The Hall–Kier alpha value is -0.810. The summed E-state index contributed by atoms with van der Waals surface area (Å²) in [6, 6.07) is 0.0126. The zero-order valence-corrected chi connectivity index (χ0v) is 11.2. The number of likely N-dealkylation sites (tertiary alicyclic amines) is 1. The predicted molar refractivity (Wildman–Crippen MR) is 64.9 cm³/mol. The van der Waals surface area contributed by atoms with E-state index in [1.165, 1.54) is 0 Å². The first-order chi connectivity index (χ1) is 7.83. The van der Waals surface area contributed by atoms with Crippen LogP contribution in [-0.2, 0) is 4.74 Å². The smallest absolute Gasteiger partial charge is 0.410 e. The summed E-state index contributed by atoms with van der Waals surface area (Å²) in [4.78, 5) is 13.7. The molecule has 0 bridgehead atoms. The summed E-state index contributed by atoms with van der Waals surface area (Å²) in [5.41, 5.74) is 1.68. The third kappa shape index (κ3) is 4.52. The number of nitrogens with zero attached hydrogens (tertiary/aromatic N) is 1. The minimum absolute atomic E-state index is 0.0126. The fourth-order valence-corrected chi connectivity index (χ4v) is 2.11. The molecule has 1 saturated heterocycles. The Morgan fingerprint density at radius 1 is 1.53 bits per heavy atom. The van der Waals surface area contributed by atoms with Crippen LogP contribution in [-0.4, -0.2) is 40.9 Å². The van der Waals surface area contributed by atoms with Crippen LogP contribution in [0.5, 0.6) is 0 Å². The van der Waals surface area contributed by atoms with Gasteiger partial charge in [-0.25, -0.2) is 10.3 Å². The summed E-state index contributed by atoms with van der Waals surface area (Å²) >= 11 is 0. The van der Waals surface area contributed by atoms with Crippen molar-refractivity contribution in [1.29, 1.82) is 0 Å². The number of hydrogen-bond acceptors (Lipinski definition) is 4. The monoisotopic (exact) mass is 244 g/mol. The zero-order chi connectivity index (χ0) is 13.1. The van der Waals surface area contributed by atoms with E-state index in [0.29, 0.717) is 19.0 Å². The molecule has 1 amide bonds. The number of carbonyl (C=O) groups excluding carboxylic acids is 1. The van der Waals surface area contributed by atoms with E-state index in [1.54, 1.807) is 4.90 Å². The van der Waals surface area contributed by atoms with Crippen molar-refractivity contribution in [2.24, 2.45) is 5.92 Å². The summed E-state index contributed by atoms with van der Waals surface area (Å²) < 4.78 is 5.37. The Morgan fingerprint density at radius 2 is 2.18 bits per heavy atom. The molecule has 0 saturated carbocycles. The Kier molecular flexibility index (Phi) is 4.77. The zero-order valence-electron chi connectivity index (χ0n) is 11.2. The maximum absolute atomic E-state index is 12.0. The van der Waals surface area contributed by atoms with E-state index in [9.17, 15) is 4.79 Å². The molecule has 1 rings (SSSR count). The van der Waals surface area contributed by atoms with Crippen LogP contribution in [0.15, 0.2) is 0 Å². The predicted octanol–water partition coefficient (Wildman–Crippen LogP) is 2.00. The lowest BCUT2D eigenvalue weighted by Crippen LogP contribution is -2.51. The van der Waals surface area contributed by atoms with Gasteiger partial charge in [-0.2, -0.15) is 0 Å². The third-order valence-electron chi connectivity index (χ3n) is 2.93. The van der Waals surface area contributed by atoms with Gasteiger partial charge in [0.25, 0.3) is 0 Å². The van der Waals surface area contributed by atoms with Crippen molar-refractivity contribution in [2.75, 3.05) is 13.1 Å². The molecule has 1 heterocycles. The number of amides is 1. The lowest BCUT2D eigenvalue weighted by Gasteiger charge is -2.38. The first kappa shape index (κ1) is 14.3. The standard InChI is InChI=1S/C12H24N2O3/c1-9-5-6-14(10(7-9)8-13-16)11(15)17-12(2,3)4/h9-10,13,16H,5-8H2,1-4H3/t9-,10-/m1/s1. The molecule has 0 aliphatic carbocycles. The van der Waals surface area contributed by atoms with Crippen molar-refractivity contribution in [1.82, 2.24) is 10.4 Å². The van der Waals surface area contributed by atoms with Crippen LogP contribution in [0.1, 0.15) is 40.5 Å². The van der Waals surface area contributed by atoms with Crippen LogP contribution in [0.2, 0.25) is 0 Å². The minimum atomic E-state index is -0.475. The van der Waals surface area contributed by atoms with Gasteiger partial charge in [0.2, 0.25) is 0 Å². The highest BCUT2D eigenvalue weighted by Gasteiger charge is 2.32. The largest absolute Gasteiger partial charge is 0.444 e.